The minimum absolute atomic E-state index is 0.0750. The fraction of sp³-hybridized carbons (Fsp3) is 1.00. The third-order valence-electron chi connectivity index (χ3n) is 7.09. The molecule has 0 aliphatic carbocycles. The molecule has 0 radical (unpaired) electrons. The van der Waals surface area contributed by atoms with Gasteiger partial charge in [0.25, 0.3) is 7.82 Å². The zero-order valence-corrected chi connectivity index (χ0v) is 28.5. The number of unbranched alkanes of at least 4 members (excludes halogenated alkanes) is 14. The van der Waals surface area contributed by atoms with Gasteiger partial charge in [-0.1, -0.05) is 90.4 Å². The van der Waals surface area contributed by atoms with Crippen LogP contribution in [-0.2, 0) is 32.6 Å². The molecule has 0 bridgehead atoms. The molecule has 248 valence electrons. The van der Waals surface area contributed by atoms with Crippen molar-refractivity contribution in [2.75, 3.05) is 74.9 Å². The molecule has 41 heavy (non-hydrogen) atoms. The van der Waals surface area contributed by atoms with Crippen LogP contribution < -0.4 is 4.89 Å². The average Bonchev–Trinajstić information content (AvgIpc) is 2.92. The average molecular weight is 612 g/mol. The molecule has 0 aliphatic heterocycles. The van der Waals surface area contributed by atoms with Crippen LogP contribution in [-0.4, -0.2) is 91.8 Å². The molecular formula is C31H66NO8P. The number of phosphoric ester groups is 1. The number of phosphoric acid groups is 1. The second-order valence-corrected chi connectivity index (χ2v) is 13.6. The van der Waals surface area contributed by atoms with Crippen molar-refractivity contribution in [1.82, 2.24) is 0 Å². The smallest absolute Gasteiger partial charge is 0.268 e. The van der Waals surface area contributed by atoms with Gasteiger partial charge in [0.15, 0.2) is 6.29 Å². The van der Waals surface area contributed by atoms with Crippen LogP contribution in [0.4, 0.5) is 0 Å². The van der Waals surface area contributed by atoms with E-state index in [1.807, 2.05) is 21.1 Å². The molecule has 0 aromatic carbocycles. The number of likely N-dealkylation sites (N-methyl/N-ethyl adjacent to an activating group) is 1. The van der Waals surface area contributed by atoms with Gasteiger partial charge < -0.3 is 37.4 Å². The van der Waals surface area contributed by atoms with Crippen LogP contribution in [0.15, 0.2) is 0 Å². The van der Waals surface area contributed by atoms with Gasteiger partial charge in [-0.05, 0) is 25.7 Å². The van der Waals surface area contributed by atoms with Gasteiger partial charge in [0.1, 0.15) is 19.3 Å². The molecule has 0 amide bonds. The van der Waals surface area contributed by atoms with Crippen LogP contribution in [0.5, 0.6) is 0 Å². The van der Waals surface area contributed by atoms with E-state index >= 15 is 0 Å². The summed E-state index contributed by atoms with van der Waals surface area (Å²) in [5.41, 5.74) is 0. The molecule has 0 fully saturated rings. The molecule has 0 heterocycles. The number of ether oxygens (including phenoxy) is 4. The SMILES string of the molecule is CCCCCCCCCCCCCCCCOCC(COP(=O)([O-])OCC[N+](C)(C)C)OCCCCC(OC)OC. The highest BCUT2D eigenvalue weighted by Crippen LogP contribution is 2.38. The molecule has 0 spiro atoms. The van der Waals surface area contributed by atoms with Crippen LogP contribution in [0.2, 0.25) is 0 Å². The molecule has 0 rings (SSSR count). The molecular weight excluding hydrogens is 545 g/mol. The molecule has 10 heteroatoms. The zero-order valence-electron chi connectivity index (χ0n) is 27.6. The second-order valence-electron chi connectivity index (χ2n) is 12.2. The lowest BCUT2D eigenvalue weighted by molar-refractivity contribution is -0.870. The van der Waals surface area contributed by atoms with E-state index in [9.17, 15) is 9.46 Å². The highest BCUT2D eigenvalue weighted by atomic mass is 31.2. The van der Waals surface area contributed by atoms with Crippen LogP contribution in [0, 0.1) is 0 Å². The minimum atomic E-state index is -4.40. The van der Waals surface area contributed by atoms with Gasteiger partial charge in [0.2, 0.25) is 0 Å². The first-order chi connectivity index (χ1) is 19.6. The minimum Gasteiger partial charge on any atom is -0.756 e. The number of nitrogens with zero attached hydrogens (tertiary/aromatic N) is 1. The van der Waals surface area contributed by atoms with Crippen molar-refractivity contribution >= 4 is 7.82 Å². The summed E-state index contributed by atoms with van der Waals surface area (Å²) in [6.07, 6.45) is 20.2. The van der Waals surface area contributed by atoms with Gasteiger partial charge in [-0.3, -0.25) is 4.57 Å². The number of hydrogen-bond donors (Lipinski definition) is 0. The number of rotatable bonds is 32. The first-order valence-electron chi connectivity index (χ1n) is 16.3. The Labute approximate surface area is 253 Å². The van der Waals surface area contributed by atoms with Crippen molar-refractivity contribution in [3.63, 3.8) is 0 Å². The maximum atomic E-state index is 12.2. The van der Waals surface area contributed by atoms with Gasteiger partial charge in [0, 0.05) is 27.4 Å². The van der Waals surface area contributed by atoms with Crippen molar-refractivity contribution in [2.45, 2.75) is 128 Å². The normalized spacial score (nSPS) is 14.5. The monoisotopic (exact) mass is 611 g/mol. The maximum Gasteiger partial charge on any atom is 0.268 e. The maximum absolute atomic E-state index is 12.2. The van der Waals surface area contributed by atoms with Crippen molar-refractivity contribution in [3.8, 4) is 0 Å². The van der Waals surface area contributed by atoms with Gasteiger partial charge in [-0.25, -0.2) is 0 Å². The number of methoxy groups -OCH3 is 2. The first kappa shape index (κ1) is 40.9. The van der Waals surface area contributed by atoms with E-state index in [4.69, 9.17) is 28.0 Å². The summed E-state index contributed by atoms with van der Waals surface area (Å²) >= 11 is 0. The van der Waals surface area contributed by atoms with Crippen molar-refractivity contribution < 1.29 is 41.9 Å². The predicted molar refractivity (Wildman–Crippen MR) is 165 cm³/mol. The molecule has 2 unspecified atom stereocenters. The van der Waals surface area contributed by atoms with Crippen LogP contribution in [0.25, 0.3) is 0 Å². The van der Waals surface area contributed by atoms with Gasteiger partial charge in [-0.2, -0.15) is 0 Å². The molecule has 0 N–H and O–H groups in total. The largest absolute Gasteiger partial charge is 0.756 e. The first-order valence-corrected chi connectivity index (χ1v) is 17.7. The molecule has 0 saturated heterocycles. The third-order valence-corrected chi connectivity index (χ3v) is 8.05. The van der Waals surface area contributed by atoms with E-state index in [1.54, 1.807) is 14.2 Å². The summed E-state index contributed by atoms with van der Waals surface area (Å²) in [6, 6.07) is 0. The van der Waals surface area contributed by atoms with Crippen LogP contribution in [0.1, 0.15) is 116 Å². The molecule has 9 nitrogen and oxygen atoms in total. The summed E-state index contributed by atoms with van der Waals surface area (Å²) < 4.78 is 45.2. The quantitative estimate of drug-likeness (QED) is 0.0352. The lowest BCUT2D eigenvalue weighted by Crippen LogP contribution is -2.37. The molecule has 0 aromatic heterocycles. The van der Waals surface area contributed by atoms with Gasteiger partial charge in [0.05, 0.1) is 34.4 Å². The van der Waals surface area contributed by atoms with E-state index < -0.39 is 13.9 Å². The number of quaternary nitrogens is 1. The van der Waals surface area contributed by atoms with Crippen molar-refractivity contribution in [1.29, 1.82) is 0 Å². The Morgan fingerprint density at radius 1 is 0.659 bits per heavy atom. The van der Waals surface area contributed by atoms with E-state index in [0.717, 1.165) is 32.1 Å². The van der Waals surface area contributed by atoms with Gasteiger partial charge >= 0.3 is 0 Å². The molecule has 0 saturated carbocycles. The van der Waals surface area contributed by atoms with Crippen molar-refractivity contribution in [3.05, 3.63) is 0 Å². The Bertz CT molecular complexity index is 601. The fourth-order valence-electron chi connectivity index (χ4n) is 4.39. The highest BCUT2D eigenvalue weighted by molar-refractivity contribution is 7.45. The Balaban J connectivity index is 4.12. The topological polar surface area (TPSA) is 95.5 Å². The number of hydrogen-bond acceptors (Lipinski definition) is 8. The molecule has 0 aromatic rings. The van der Waals surface area contributed by atoms with E-state index in [1.165, 1.54) is 77.0 Å². The predicted octanol–water partition coefficient (Wildman–Crippen LogP) is 6.87. The van der Waals surface area contributed by atoms with E-state index in [0.29, 0.717) is 24.2 Å². The summed E-state index contributed by atoms with van der Waals surface area (Å²) in [4.78, 5) is 12.2. The van der Waals surface area contributed by atoms with Crippen molar-refractivity contribution in [2.24, 2.45) is 0 Å². The Kier molecular flexibility index (Phi) is 27.4. The lowest BCUT2D eigenvalue weighted by Gasteiger charge is -2.28. The standard InChI is InChI=1S/C31H66NO8P/c1-7-8-9-10-11-12-13-14-15-16-17-18-19-21-25-37-28-30(38-26-22-20-23-31(35-5)36-6)29-40-41(33,34)39-27-24-32(2,3)4/h30-31H,7-29H2,1-6H3. The highest BCUT2D eigenvalue weighted by Gasteiger charge is 2.18. The van der Waals surface area contributed by atoms with E-state index in [-0.39, 0.29) is 26.1 Å². The second kappa shape index (κ2) is 27.5. The zero-order chi connectivity index (χ0) is 30.7. The summed E-state index contributed by atoms with van der Waals surface area (Å²) in [7, 11) is 4.76. The Morgan fingerprint density at radius 3 is 1.68 bits per heavy atom. The summed E-state index contributed by atoms with van der Waals surface area (Å²) in [6.45, 7) is 4.18. The summed E-state index contributed by atoms with van der Waals surface area (Å²) in [5, 5.41) is 0. The summed E-state index contributed by atoms with van der Waals surface area (Å²) in [5.74, 6) is 0. The lowest BCUT2D eigenvalue weighted by atomic mass is 10.0. The Morgan fingerprint density at radius 2 is 1.17 bits per heavy atom. The fourth-order valence-corrected chi connectivity index (χ4v) is 5.12. The Hall–Kier alpha value is -0.0900. The molecule has 2 atom stereocenters. The molecule has 0 aliphatic rings. The van der Waals surface area contributed by atoms with Gasteiger partial charge in [-0.15, -0.1) is 0 Å². The third kappa shape index (κ3) is 29.7. The van der Waals surface area contributed by atoms with Crippen LogP contribution in [0.3, 0.4) is 0 Å². The van der Waals surface area contributed by atoms with E-state index in [2.05, 4.69) is 6.92 Å². The van der Waals surface area contributed by atoms with Crippen LogP contribution >= 0.6 is 7.82 Å².